The molecule has 0 radical (unpaired) electrons. The van der Waals surface area contributed by atoms with Gasteiger partial charge in [-0.3, -0.25) is 24.3 Å². The molecule has 4 aromatic rings. The average molecular weight is 551 g/mol. The van der Waals surface area contributed by atoms with Gasteiger partial charge in [0.1, 0.15) is 14.3 Å². The van der Waals surface area contributed by atoms with Crippen molar-refractivity contribution in [1.29, 1.82) is 0 Å². The van der Waals surface area contributed by atoms with E-state index < -0.39 is 31.9 Å². The highest BCUT2D eigenvalue weighted by atomic mass is 35.5. The molecule has 0 unspecified atom stereocenters. The van der Waals surface area contributed by atoms with Crippen LogP contribution in [0, 0.1) is 17.0 Å². The molecule has 2 aromatic carbocycles. The molecule has 0 saturated carbocycles. The summed E-state index contributed by atoms with van der Waals surface area (Å²) in [5.41, 5.74) is 1.05. The minimum Gasteiger partial charge on any atom is -0.298 e. The summed E-state index contributed by atoms with van der Waals surface area (Å²) in [5.74, 6) is -1.25. The molecule has 0 spiro atoms. The maximum absolute atomic E-state index is 13.0. The van der Waals surface area contributed by atoms with Crippen LogP contribution in [0.15, 0.2) is 63.7 Å². The second-order valence-corrected chi connectivity index (χ2v) is 12.1. The van der Waals surface area contributed by atoms with Crippen LogP contribution in [0.3, 0.4) is 0 Å². The lowest BCUT2D eigenvalue weighted by molar-refractivity contribution is -0.383. The molecular formula is C23H16Cl2N2O6S2. The van der Waals surface area contributed by atoms with Gasteiger partial charge < -0.3 is 0 Å². The number of ketones is 1. The highest BCUT2D eigenvalue weighted by Gasteiger charge is 2.23. The van der Waals surface area contributed by atoms with Crippen LogP contribution in [-0.2, 0) is 21.1 Å². The number of hydrogen-bond donors (Lipinski definition) is 0. The van der Waals surface area contributed by atoms with E-state index in [1.807, 2.05) is 0 Å². The summed E-state index contributed by atoms with van der Waals surface area (Å²) in [4.78, 5) is 36.5. The van der Waals surface area contributed by atoms with Gasteiger partial charge in [-0.05, 0) is 42.8 Å². The van der Waals surface area contributed by atoms with Crippen LogP contribution in [0.2, 0.25) is 9.36 Å². The molecule has 12 heteroatoms. The molecule has 180 valence electrons. The monoisotopic (exact) mass is 550 g/mol. The Balaban J connectivity index is 1.59. The maximum atomic E-state index is 13.0. The van der Waals surface area contributed by atoms with Crippen LogP contribution in [0.4, 0.5) is 5.69 Å². The number of benzene rings is 2. The molecule has 0 aliphatic heterocycles. The zero-order valence-electron chi connectivity index (χ0n) is 18.0. The minimum atomic E-state index is -3.88. The van der Waals surface area contributed by atoms with Gasteiger partial charge in [-0.25, -0.2) is 8.42 Å². The smallest absolute Gasteiger partial charge is 0.293 e. The topological polar surface area (TPSA) is 116 Å². The van der Waals surface area contributed by atoms with Gasteiger partial charge in [-0.15, -0.1) is 11.3 Å². The van der Waals surface area contributed by atoms with Crippen LogP contribution < -0.4 is 5.56 Å². The molecule has 2 heterocycles. The van der Waals surface area contributed by atoms with Crippen molar-refractivity contribution < 1.29 is 18.1 Å². The fourth-order valence-corrected chi connectivity index (χ4v) is 6.80. The standard InChI is InChI=1S/C23H16Cl2N2O6S2/c1-13-2-7-17-18(8-13)20(27(30)31)11-26(23(17)29)15-5-3-14(4-6-15)9-16(28)12-35(32,33)21-10-19(24)22(25)34-21/h2-8,10-11H,9,12H2,1H3. The van der Waals surface area contributed by atoms with Gasteiger partial charge in [0, 0.05) is 12.1 Å². The molecule has 0 saturated heterocycles. The van der Waals surface area contributed by atoms with Gasteiger partial charge in [0.25, 0.3) is 11.2 Å². The van der Waals surface area contributed by atoms with Gasteiger partial charge in [0.2, 0.25) is 0 Å². The minimum absolute atomic E-state index is 0.0799. The first-order valence-corrected chi connectivity index (χ1v) is 13.3. The van der Waals surface area contributed by atoms with Gasteiger partial charge in [0.15, 0.2) is 15.6 Å². The predicted molar refractivity (Wildman–Crippen MR) is 136 cm³/mol. The fourth-order valence-electron chi connectivity index (χ4n) is 3.59. The van der Waals surface area contributed by atoms with Crippen LogP contribution >= 0.6 is 34.5 Å². The lowest BCUT2D eigenvalue weighted by Gasteiger charge is -2.10. The Hall–Kier alpha value is -3.05. The van der Waals surface area contributed by atoms with Crippen molar-refractivity contribution in [3.05, 3.63) is 95.7 Å². The third-order valence-electron chi connectivity index (χ3n) is 5.24. The molecule has 35 heavy (non-hydrogen) atoms. The first-order valence-electron chi connectivity index (χ1n) is 10.1. The molecule has 2 aromatic heterocycles. The summed E-state index contributed by atoms with van der Waals surface area (Å²) in [6, 6.07) is 12.3. The summed E-state index contributed by atoms with van der Waals surface area (Å²) in [6.45, 7) is 1.78. The van der Waals surface area contributed by atoms with Gasteiger partial charge in [-0.1, -0.05) is 47.0 Å². The summed E-state index contributed by atoms with van der Waals surface area (Å²) in [7, 11) is -3.88. The fraction of sp³-hybridized carbons (Fsp3) is 0.130. The van der Waals surface area contributed by atoms with E-state index in [2.05, 4.69) is 0 Å². The van der Waals surface area contributed by atoms with Crippen molar-refractivity contribution in [3.8, 4) is 5.69 Å². The Kier molecular flexibility index (Phi) is 6.83. The van der Waals surface area contributed by atoms with E-state index in [1.165, 1.54) is 16.8 Å². The average Bonchev–Trinajstić information content (AvgIpc) is 3.13. The van der Waals surface area contributed by atoms with Crippen molar-refractivity contribution >= 4 is 66.6 Å². The number of hydrogen-bond acceptors (Lipinski definition) is 7. The number of thiophene rings is 1. The normalized spacial score (nSPS) is 11.6. The molecule has 0 N–H and O–H groups in total. The lowest BCUT2D eigenvalue weighted by Crippen LogP contribution is -2.19. The molecule has 4 rings (SSSR count). The van der Waals surface area contributed by atoms with Crippen molar-refractivity contribution in [3.63, 3.8) is 0 Å². The number of nitrogens with zero attached hydrogens (tertiary/aromatic N) is 2. The highest BCUT2D eigenvalue weighted by Crippen LogP contribution is 2.34. The SMILES string of the molecule is Cc1ccc2c(=O)n(-c3ccc(CC(=O)CS(=O)(=O)c4cc(Cl)c(Cl)s4)cc3)cc([N+](=O)[O-])c2c1. The van der Waals surface area contributed by atoms with Crippen molar-refractivity contribution in [1.82, 2.24) is 4.57 Å². The number of rotatable bonds is 7. The van der Waals surface area contributed by atoms with E-state index in [-0.39, 0.29) is 36.4 Å². The van der Waals surface area contributed by atoms with E-state index >= 15 is 0 Å². The first-order chi connectivity index (χ1) is 16.5. The number of aryl methyl sites for hydroxylation is 1. The molecule has 0 aliphatic rings. The third-order valence-corrected chi connectivity index (χ3v) is 9.35. The number of aromatic nitrogens is 1. The Morgan fingerprint density at radius 2 is 1.77 bits per heavy atom. The lowest BCUT2D eigenvalue weighted by atomic mass is 10.1. The maximum Gasteiger partial charge on any atom is 0.293 e. The van der Waals surface area contributed by atoms with Crippen molar-refractivity contribution in [2.75, 3.05) is 5.75 Å². The van der Waals surface area contributed by atoms with E-state index in [0.29, 0.717) is 11.3 Å². The van der Waals surface area contributed by atoms with Crippen LogP contribution in [0.25, 0.3) is 16.5 Å². The predicted octanol–water partition coefficient (Wildman–Crippen LogP) is 5.16. The van der Waals surface area contributed by atoms with Crippen molar-refractivity contribution in [2.24, 2.45) is 0 Å². The largest absolute Gasteiger partial charge is 0.298 e. The Bertz CT molecular complexity index is 1640. The van der Waals surface area contributed by atoms with E-state index in [9.17, 15) is 28.1 Å². The molecule has 0 fully saturated rings. The second-order valence-electron chi connectivity index (χ2n) is 7.82. The number of nitro groups is 1. The van der Waals surface area contributed by atoms with Crippen LogP contribution in [0.5, 0.6) is 0 Å². The number of fused-ring (bicyclic) bond motifs is 1. The van der Waals surface area contributed by atoms with E-state index in [4.69, 9.17) is 23.2 Å². The van der Waals surface area contributed by atoms with E-state index in [1.54, 1.807) is 49.4 Å². The van der Waals surface area contributed by atoms with Crippen LogP contribution in [0.1, 0.15) is 11.1 Å². The number of carbonyl (C=O) groups is 1. The third kappa shape index (κ3) is 5.15. The number of Topliss-reactive ketones (excluding diaryl/α,β-unsaturated/α-hetero) is 1. The number of sulfone groups is 1. The number of halogens is 2. The number of pyridine rings is 1. The summed E-state index contributed by atoms with van der Waals surface area (Å²) >= 11 is 12.4. The van der Waals surface area contributed by atoms with Gasteiger partial charge >= 0.3 is 0 Å². The van der Waals surface area contributed by atoms with Gasteiger partial charge in [0.05, 0.1) is 26.9 Å². The summed E-state index contributed by atoms with van der Waals surface area (Å²) in [5, 5.41) is 12.2. The summed E-state index contributed by atoms with van der Waals surface area (Å²) in [6.07, 6.45) is 1.02. The zero-order valence-corrected chi connectivity index (χ0v) is 21.2. The zero-order chi connectivity index (χ0) is 25.5. The first kappa shape index (κ1) is 25.1. The molecule has 0 amide bonds. The van der Waals surface area contributed by atoms with E-state index in [0.717, 1.165) is 16.9 Å². The highest BCUT2D eigenvalue weighted by molar-refractivity contribution is 7.94. The molecule has 8 nitrogen and oxygen atoms in total. The summed E-state index contributed by atoms with van der Waals surface area (Å²) < 4.78 is 26.2. The Morgan fingerprint density at radius 3 is 2.37 bits per heavy atom. The van der Waals surface area contributed by atoms with Crippen molar-refractivity contribution in [2.45, 2.75) is 17.6 Å². The van der Waals surface area contributed by atoms with Crippen LogP contribution in [-0.4, -0.2) is 29.4 Å². The quantitative estimate of drug-likeness (QED) is 0.231. The Labute approximate surface area is 213 Å². The Morgan fingerprint density at radius 1 is 1.09 bits per heavy atom. The molecule has 0 atom stereocenters. The molecular weight excluding hydrogens is 535 g/mol. The second kappa shape index (κ2) is 9.54. The number of carbonyl (C=O) groups excluding carboxylic acids is 1. The van der Waals surface area contributed by atoms with Gasteiger partial charge in [-0.2, -0.15) is 0 Å². The molecule has 0 aliphatic carbocycles. The molecule has 0 bridgehead atoms.